The molecular formula is C25H28FN3O4S. The number of sulfonamides is 1. The van der Waals surface area contributed by atoms with E-state index in [9.17, 15) is 17.6 Å². The summed E-state index contributed by atoms with van der Waals surface area (Å²) in [5.74, 6) is -1.15. The van der Waals surface area contributed by atoms with Crippen LogP contribution in [0.4, 0.5) is 4.39 Å². The van der Waals surface area contributed by atoms with E-state index in [0.717, 1.165) is 23.4 Å². The fourth-order valence-corrected chi connectivity index (χ4v) is 4.71. The average molecular weight is 486 g/mol. The highest BCUT2D eigenvalue weighted by Gasteiger charge is 2.30. The maximum absolute atomic E-state index is 14.0. The number of halogens is 1. The zero-order valence-electron chi connectivity index (χ0n) is 19.2. The summed E-state index contributed by atoms with van der Waals surface area (Å²) in [6, 6.07) is 16.4. The van der Waals surface area contributed by atoms with Crippen molar-refractivity contribution in [1.29, 1.82) is 0 Å². The largest absolute Gasteiger partial charge is 0.487 e. The number of benzene rings is 2. The molecule has 0 radical (unpaired) electrons. The molecule has 1 amide bonds. The van der Waals surface area contributed by atoms with Gasteiger partial charge in [-0.2, -0.15) is 4.72 Å². The van der Waals surface area contributed by atoms with Gasteiger partial charge >= 0.3 is 0 Å². The molecule has 2 N–H and O–H groups in total. The first-order valence-electron chi connectivity index (χ1n) is 10.9. The van der Waals surface area contributed by atoms with Gasteiger partial charge in [0.05, 0.1) is 11.7 Å². The Morgan fingerprint density at radius 1 is 1.03 bits per heavy atom. The molecule has 2 aromatic carbocycles. The third-order valence-electron chi connectivity index (χ3n) is 5.19. The van der Waals surface area contributed by atoms with Gasteiger partial charge in [-0.3, -0.25) is 9.78 Å². The zero-order chi connectivity index (χ0) is 24.7. The number of carbonyl (C=O) groups excluding carboxylic acids is 1. The van der Waals surface area contributed by atoms with Crippen LogP contribution in [-0.4, -0.2) is 25.4 Å². The number of hydrogen-bond donors (Lipinski definition) is 2. The molecule has 0 aliphatic rings. The van der Waals surface area contributed by atoms with Crippen LogP contribution in [0.1, 0.15) is 38.1 Å². The molecule has 0 aliphatic carbocycles. The van der Waals surface area contributed by atoms with Gasteiger partial charge < -0.3 is 10.1 Å². The van der Waals surface area contributed by atoms with Crippen LogP contribution in [-0.2, 0) is 21.4 Å². The summed E-state index contributed by atoms with van der Waals surface area (Å²) in [5.41, 5.74) is 1.57. The van der Waals surface area contributed by atoms with E-state index in [4.69, 9.17) is 4.74 Å². The van der Waals surface area contributed by atoms with Crippen LogP contribution in [0.25, 0.3) is 0 Å². The van der Waals surface area contributed by atoms with E-state index in [1.54, 1.807) is 33.0 Å². The summed E-state index contributed by atoms with van der Waals surface area (Å²) in [5, 5.41) is 2.84. The molecule has 3 aromatic rings. The van der Waals surface area contributed by atoms with Crippen molar-refractivity contribution in [2.24, 2.45) is 5.92 Å². The fraction of sp³-hybridized carbons (Fsp3) is 0.280. The minimum atomic E-state index is -4.23. The second kappa shape index (κ2) is 11.2. The van der Waals surface area contributed by atoms with Gasteiger partial charge in [-0.1, -0.05) is 44.2 Å². The number of amides is 1. The Labute approximate surface area is 199 Å². The van der Waals surface area contributed by atoms with Crippen molar-refractivity contribution in [3.8, 4) is 5.75 Å². The first-order chi connectivity index (χ1) is 16.2. The first kappa shape index (κ1) is 25.3. The summed E-state index contributed by atoms with van der Waals surface area (Å²) in [4.78, 5) is 16.7. The van der Waals surface area contributed by atoms with Gasteiger partial charge in [-0.05, 0) is 54.8 Å². The average Bonchev–Trinajstić information content (AvgIpc) is 2.82. The molecule has 0 saturated heterocycles. The Morgan fingerprint density at radius 2 is 1.76 bits per heavy atom. The second-order valence-corrected chi connectivity index (χ2v) is 9.87. The molecule has 0 aliphatic heterocycles. The van der Waals surface area contributed by atoms with E-state index in [2.05, 4.69) is 15.0 Å². The lowest BCUT2D eigenvalue weighted by atomic mass is 10.0. The van der Waals surface area contributed by atoms with E-state index in [1.807, 2.05) is 36.4 Å². The molecule has 1 aromatic heterocycles. The molecule has 0 fully saturated rings. The Morgan fingerprint density at radius 3 is 2.44 bits per heavy atom. The SMILES string of the molecule is CC(NC(=O)[C@@H](NS(=O)(=O)c1ccccc1F)C(C)C)c1cccc(OCc2ccccn2)c1. The number of nitrogens with zero attached hydrogens (tertiary/aromatic N) is 1. The van der Waals surface area contributed by atoms with Crippen molar-refractivity contribution >= 4 is 15.9 Å². The summed E-state index contributed by atoms with van der Waals surface area (Å²) < 4.78 is 47.6. The fourth-order valence-electron chi connectivity index (χ4n) is 3.29. The molecule has 1 unspecified atom stereocenters. The molecule has 2 atom stereocenters. The number of nitrogens with one attached hydrogen (secondary N) is 2. The molecule has 7 nitrogen and oxygen atoms in total. The highest BCUT2D eigenvalue weighted by atomic mass is 32.2. The van der Waals surface area contributed by atoms with Crippen LogP contribution in [0.15, 0.2) is 77.8 Å². The number of rotatable bonds is 10. The predicted molar refractivity (Wildman–Crippen MR) is 127 cm³/mol. The van der Waals surface area contributed by atoms with E-state index in [-0.39, 0.29) is 5.92 Å². The van der Waals surface area contributed by atoms with Crippen LogP contribution in [0.5, 0.6) is 5.75 Å². The highest BCUT2D eigenvalue weighted by molar-refractivity contribution is 7.89. The monoisotopic (exact) mass is 485 g/mol. The number of aromatic nitrogens is 1. The molecular weight excluding hydrogens is 457 g/mol. The van der Waals surface area contributed by atoms with Crippen LogP contribution in [0.2, 0.25) is 0 Å². The van der Waals surface area contributed by atoms with E-state index in [0.29, 0.717) is 12.4 Å². The second-order valence-electron chi connectivity index (χ2n) is 8.19. The number of pyridine rings is 1. The van der Waals surface area contributed by atoms with Gasteiger partial charge in [0.2, 0.25) is 15.9 Å². The lowest BCUT2D eigenvalue weighted by Gasteiger charge is -2.24. The summed E-state index contributed by atoms with van der Waals surface area (Å²) in [6.45, 7) is 5.52. The summed E-state index contributed by atoms with van der Waals surface area (Å²) in [6.07, 6.45) is 1.69. The van der Waals surface area contributed by atoms with E-state index in [1.165, 1.54) is 12.1 Å². The quantitative estimate of drug-likeness (QED) is 0.453. The van der Waals surface area contributed by atoms with Crippen molar-refractivity contribution in [2.45, 2.75) is 44.4 Å². The van der Waals surface area contributed by atoms with E-state index >= 15 is 0 Å². The zero-order valence-corrected chi connectivity index (χ0v) is 20.1. The third-order valence-corrected chi connectivity index (χ3v) is 6.66. The smallest absolute Gasteiger partial charge is 0.244 e. The number of hydrogen-bond acceptors (Lipinski definition) is 5. The Kier molecular flexibility index (Phi) is 8.36. The lowest BCUT2D eigenvalue weighted by Crippen LogP contribution is -2.50. The van der Waals surface area contributed by atoms with Crippen molar-refractivity contribution in [2.75, 3.05) is 0 Å². The van der Waals surface area contributed by atoms with Gasteiger partial charge in [0, 0.05) is 6.20 Å². The normalized spacial score (nSPS) is 13.3. The highest BCUT2D eigenvalue weighted by Crippen LogP contribution is 2.21. The van der Waals surface area contributed by atoms with Crippen molar-refractivity contribution in [1.82, 2.24) is 15.0 Å². The maximum atomic E-state index is 14.0. The van der Waals surface area contributed by atoms with Crippen molar-refractivity contribution < 1.29 is 22.3 Å². The standard InChI is InChI=1S/C25H28FN3O4S/c1-17(2)24(29-34(31,32)23-13-5-4-12-22(23)26)25(30)28-18(3)19-9-8-11-21(15-19)33-16-20-10-6-7-14-27-20/h4-15,17-18,24,29H,16H2,1-3H3,(H,28,30)/t18?,24-/m0/s1. The Balaban J connectivity index is 1.68. The van der Waals surface area contributed by atoms with E-state index < -0.39 is 38.7 Å². The van der Waals surface area contributed by atoms with Crippen molar-refractivity contribution in [3.05, 3.63) is 90.0 Å². The lowest BCUT2D eigenvalue weighted by molar-refractivity contribution is -0.124. The molecule has 0 bridgehead atoms. The third kappa shape index (κ3) is 6.61. The Bertz CT molecular complexity index is 1220. The molecule has 3 rings (SSSR count). The predicted octanol–water partition coefficient (Wildman–Crippen LogP) is 3.98. The Hall–Kier alpha value is -3.30. The molecule has 1 heterocycles. The molecule has 180 valence electrons. The van der Waals surface area contributed by atoms with Crippen LogP contribution in [0.3, 0.4) is 0 Å². The van der Waals surface area contributed by atoms with Crippen molar-refractivity contribution in [3.63, 3.8) is 0 Å². The topological polar surface area (TPSA) is 97.4 Å². The van der Waals surface area contributed by atoms with Gasteiger partial charge in [0.25, 0.3) is 0 Å². The molecule has 0 spiro atoms. The molecule has 9 heteroatoms. The molecule has 0 saturated carbocycles. The minimum absolute atomic E-state index is 0.304. The maximum Gasteiger partial charge on any atom is 0.244 e. The van der Waals surface area contributed by atoms with Crippen LogP contribution >= 0.6 is 0 Å². The van der Waals surface area contributed by atoms with Gasteiger partial charge in [-0.25, -0.2) is 12.8 Å². The number of carbonyl (C=O) groups is 1. The first-order valence-corrected chi connectivity index (χ1v) is 12.4. The minimum Gasteiger partial charge on any atom is -0.487 e. The van der Waals surface area contributed by atoms with Gasteiger partial charge in [0.1, 0.15) is 29.1 Å². The number of ether oxygens (including phenoxy) is 1. The van der Waals surface area contributed by atoms with Crippen LogP contribution in [0, 0.1) is 11.7 Å². The van der Waals surface area contributed by atoms with Gasteiger partial charge in [0.15, 0.2) is 0 Å². The summed E-state index contributed by atoms with van der Waals surface area (Å²) >= 11 is 0. The van der Waals surface area contributed by atoms with Crippen LogP contribution < -0.4 is 14.8 Å². The summed E-state index contributed by atoms with van der Waals surface area (Å²) in [7, 11) is -4.23. The van der Waals surface area contributed by atoms with Gasteiger partial charge in [-0.15, -0.1) is 0 Å². The molecule has 34 heavy (non-hydrogen) atoms.